The maximum absolute atomic E-state index is 3.39. The van der Waals surface area contributed by atoms with Gasteiger partial charge in [-0.15, -0.1) is 0 Å². The van der Waals surface area contributed by atoms with Crippen LogP contribution < -0.4 is 5.32 Å². The zero-order valence-electron chi connectivity index (χ0n) is 11.1. The van der Waals surface area contributed by atoms with Crippen molar-refractivity contribution in [3.05, 3.63) is 34.9 Å². The first-order valence-electron chi connectivity index (χ1n) is 6.49. The van der Waals surface area contributed by atoms with E-state index in [0.717, 1.165) is 19.5 Å². The van der Waals surface area contributed by atoms with Crippen molar-refractivity contribution >= 4 is 0 Å². The van der Waals surface area contributed by atoms with E-state index in [4.69, 9.17) is 0 Å². The second-order valence-corrected chi connectivity index (χ2v) is 4.58. The van der Waals surface area contributed by atoms with Gasteiger partial charge in [0.1, 0.15) is 0 Å². The molecular formula is C15H25N. The Kier molecular flexibility index (Phi) is 5.54. The van der Waals surface area contributed by atoms with Crippen LogP contribution in [0.3, 0.4) is 0 Å². The Balaban J connectivity index is 2.64. The van der Waals surface area contributed by atoms with Gasteiger partial charge in [-0.2, -0.15) is 0 Å². The molecule has 1 rings (SSSR count). The second-order valence-electron chi connectivity index (χ2n) is 4.58. The van der Waals surface area contributed by atoms with Crippen LogP contribution in [0.1, 0.15) is 49.8 Å². The lowest BCUT2D eigenvalue weighted by molar-refractivity contribution is 0.608. The van der Waals surface area contributed by atoms with E-state index in [1.165, 1.54) is 23.1 Å². The molecule has 0 unspecified atom stereocenters. The number of hydrogen-bond donors (Lipinski definition) is 1. The summed E-state index contributed by atoms with van der Waals surface area (Å²) in [6, 6.07) is 6.93. The quantitative estimate of drug-likeness (QED) is 0.720. The van der Waals surface area contributed by atoms with Crippen LogP contribution in [0.4, 0.5) is 0 Å². The summed E-state index contributed by atoms with van der Waals surface area (Å²) in [5.74, 6) is 0.657. The Hall–Kier alpha value is -0.820. The molecule has 0 bridgehead atoms. The third kappa shape index (κ3) is 3.64. The van der Waals surface area contributed by atoms with Crippen LogP contribution >= 0.6 is 0 Å². The maximum atomic E-state index is 3.39. The van der Waals surface area contributed by atoms with Crippen LogP contribution in [0.5, 0.6) is 0 Å². The Labute approximate surface area is 100 Å². The summed E-state index contributed by atoms with van der Waals surface area (Å²) >= 11 is 0. The SMILES string of the molecule is CCNCC[C@@H](C)c1ccc(C)c(CC)c1. The van der Waals surface area contributed by atoms with Crippen LogP contribution in [0.15, 0.2) is 18.2 Å². The van der Waals surface area contributed by atoms with Crippen molar-refractivity contribution < 1.29 is 0 Å². The van der Waals surface area contributed by atoms with E-state index in [2.05, 4.69) is 51.2 Å². The van der Waals surface area contributed by atoms with E-state index < -0.39 is 0 Å². The molecule has 0 fully saturated rings. The van der Waals surface area contributed by atoms with E-state index in [-0.39, 0.29) is 0 Å². The van der Waals surface area contributed by atoms with Crippen molar-refractivity contribution in [2.45, 2.75) is 46.5 Å². The topological polar surface area (TPSA) is 12.0 Å². The minimum atomic E-state index is 0.657. The number of nitrogens with one attached hydrogen (secondary N) is 1. The Bertz CT molecular complexity index is 317. The van der Waals surface area contributed by atoms with Crippen molar-refractivity contribution in [1.29, 1.82) is 0 Å². The predicted molar refractivity (Wildman–Crippen MR) is 72.1 cm³/mol. The van der Waals surface area contributed by atoms with Gasteiger partial charge < -0.3 is 5.32 Å². The molecule has 1 heteroatoms. The van der Waals surface area contributed by atoms with Gasteiger partial charge in [-0.05, 0) is 55.5 Å². The summed E-state index contributed by atoms with van der Waals surface area (Å²) in [5, 5.41) is 3.39. The van der Waals surface area contributed by atoms with E-state index in [0.29, 0.717) is 5.92 Å². The summed E-state index contributed by atoms with van der Waals surface area (Å²) in [6.07, 6.45) is 2.36. The van der Waals surface area contributed by atoms with Crippen LogP contribution in [0, 0.1) is 6.92 Å². The fraction of sp³-hybridized carbons (Fsp3) is 0.600. The van der Waals surface area contributed by atoms with Crippen LogP contribution in [-0.4, -0.2) is 13.1 Å². The van der Waals surface area contributed by atoms with Gasteiger partial charge in [0.15, 0.2) is 0 Å². The second kappa shape index (κ2) is 6.70. The molecule has 0 aromatic heterocycles. The number of aryl methyl sites for hydroxylation is 2. The highest BCUT2D eigenvalue weighted by atomic mass is 14.8. The molecule has 0 aliphatic heterocycles. The van der Waals surface area contributed by atoms with Gasteiger partial charge in [0.2, 0.25) is 0 Å². The molecule has 1 nitrogen and oxygen atoms in total. The molecule has 0 saturated heterocycles. The lowest BCUT2D eigenvalue weighted by Gasteiger charge is -2.14. The van der Waals surface area contributed by atoms with Crippen LogP contribution in [-0.2, 0) is 6.42 Å². The predicted octanol–water partition coefficient (Wildman–Crippen LogP) is 3.66. The molecule has 16 heavy (non-hydrogen) atoms. The Morgan fingerprint density at radius 1 is 1.25 bits per heavy atom. The zero-order chi connectivity index (χ0) is 12.0. The third-order valence-electron chi connectivity index (χ3n) is 3.33. The van der Waals surface area contributed by atoms with Gasteiger partial charge in [-0.1, -0.05) is 39.0 Å². The fourth-order valence-electron chi connectivity index (χ4n) is 2.04. The lowest BCUT2D eigenvalue weighted by atomic mass is 9.93. The molecule has 1 aromatic carbocycles. The molecule has 0 aliphatic carbocycles. The molecule has 0 radical (unpaired) electrons. The highest BCUT2D eigenvalue weighted by Crippen LogP contribution is 2.21. The molecule has 0 saturated carbocycles. The van der Waals surface area contributed by atoms with Crippen molar-refractivity contribution in [2.24, 2.45) is 0 Å². The summed E-state index contributed by atoms with van der Waals surface area (Å²) in [4.78, 5) is 0. The smallest absolute Gasteiger partial charge is 0.00433 e. The van der Waals surface area contributed by atoms with Gasteiger partial charge >= 0.3 is 0 Å². The number of rotatable bonds is 6. The third-order valence-corrected chi connectivity index (χ3v) is 3.33. The minimum Gasteiger partial charge on any atom is -0.317 e. The average Bonchev–Trinajstić information content (AvgIpc) is 2.30. The van der Waals surface area contributed by atoms with Gasteiger partial charge in [0, 0.05) is 0 Å². The normalized spacial score (nSPS) is 12.8. The Morgan fingerprint density at radius 2 is 2.00 bits per heavy atom. The summed E-state index contributed by atoms with van der Waals surface area (Å²) < 4.78 is 0. The molecule has 1 N–H and O–H groups in total. The maximum Gasteiger partial charge on any atom is -0.00433 e. The lowest BCUT2D eigenvalue weighted by Crippen LogP contribution is -2.16. The van der Waals surface area contributed by atoms with Crippen molar-refractivity contribution in [3.63, 3.8) is 0 Å². The summed E-state index contributed by atoms with van der Waals surface area (Å²) in [5.41, 5.74) is 4.40. The highest BCUT2D eigenvalue weighted by Gasteiger charge is 2.06. The largest absolute Gasteiger partial charge is 0.317 e. The van der Waals surface area contributed by atoms with Crippen molar-refractivity contribution in [3.8, 4) is 0 Å². The van der Waals surface area contributed by atoms with Gasteiger partial charge in [-0.25, -0.2) is 0 Å². The Morgan fingerprint density at radius 3 is 2.62 bits per heavy atom. The molecule has 0 spiro atoms. The van der Waals surface area contributed by atoms with Crippen molar-refractivity contribution in [2.75, 3.05) is 13.1 Å². The molecule has 90 valence electrons. The van der Waals surface area contributed by atoms with Crippen LogP contribution in [0.25, 0.3) is 0 Å². The van der Waals surface area contributed by atoms with Gasteiger partial charge in [0.05, 0.1) is 0 Å². The van der Waals surface area contributed by atoms with Crippen LogP contribution in [0.2, 0.25) is 0 Å². The standard InChI is InChI=1S/C15H25N/c1-5-14-11-15(8-7-12(14)3)13(4)9-10-16-6-2/h7-8,11,13,16H,5-6,9-10H2,1-4H3/t13-/m1/s1. The minimum absolute atomic E-state index is 0.657. The van der Waals surface area contributed by atoms with Gasteiger partial charge in [-0.3, -0.25) is 0 Å². The van der Waals surface area contributed by atoms with E-state index in [9.17, 15) is 0 Å². The first kappa shape index (κ1) is 13.2. The first-order valence-corrected chi connectivity index (χ1v) is 6.49. The molecule has 0 heterocycles. The number of hydrogen-bond acceptors (Lipinski definition) is 1. The fourth-order valence-corrected chi connectivity index (χ4v) is 2.04. The average molecular weight is 219 g/mol. The van der Waals surface area contributed by atoms with Gasteiger partial charge in [0.25, 0.3) is 0 Å². The highest BCUT2D eigenvalue weighted by molar-refractivity contribution is 5.32. The molecule has 1 atom stereocenters. The summed E-state index contributed by atoms with van der Waals surface area (Å²) in [6.45, 7) is 11.1. The molecular weight excluding hydrogens is 194 g/mol. The van der Waals surface area contributed by atoms with Crippen molar-refractivity contribution in [1.82, 2.24) is 5.32 Å². The molecule has 0 amide bonds. The molecule has 1 aromatic rings. The zero-order valence-corrected chi connectivity index (χ0v) is 11.1. The number of benzene rings is 1. The molecule has 0 aliphatic rings. The van der Waals surface area contributed by atoms with E-state index >= 15 is 0 Å². The van der Waals surface area contributed by atoms with E-state index in [1.807, 2.05) is 0 Å². The van der Waals surface area contributed by atoms with E-state index in [1.54, 1.807) is 0 Å². The monoisotopic (exact) mass is 219 g/mol. The first-order chi connectivity index (χ1) is 7.69. The summed E-state index contributed by atoms with van der Waals surface area (Å²) in [7, 11) is 0.